The Kier molecular flexibility index (Phi) is 5.59. The lowest BCUT2D eigenvalue weighted by Gasteiger charge is -2.30. The summed E-state index contributed by atoms with van der Waals surface area (Å²) in [5.41, 5.74) is 0.603. The lowest BCUT2D eigenvalue weighted by Crippen LogP contribution is -2.40. The Morgan fingerprint density at radius 3 is 2.86 bits per heavy atom. The maximum atomic E-state index is 11.9. The highest BCUT2D eigenvalue weighted by molar-refractivity contribution is 6.33. The van der Waals surface area contributed by atoms with E-state index < -0.39 is 5.97 Å². The van der Waals surface area contributed by atoms with Crippen LogP contribution in [0.2, 0.25) is 5.02 Å². The average molecular weight is 311 g/mol. The quantitative estimate of drug-likeness (QED) is 0.876. The van der Waals surface area contributed by atoms with Gasteiger partial charge in [-0.25, -0.2) is 0 Å². The first kappa shape index (κ1) is 15.8. The maximum Gasteiger partial charge on any atom is 0.307 e. The van der Waals surface area contributed by atoms with Crippen molar-refractivity contribution in [2.75, 3.05) is 25.0 Å². The van der Waals surface area contributed by atoms with Crippen LogP contribution < -0.4 is 5.32 Å². The number of carbonyl (C=O) groups is 2. The molecule has 5 nitrogen and oxygen atoms in total. The molecule has 1 unspecified atom stereocenters. The second-order valence-corrected chi connectivity index (χ2v) is 5.66. The molecule has 0 saturated carbocycles. The van der Waals surface area contributed by atoms with Gasteiger partial charge in [0.15, 0.2) is 0 Å². The lowest BCUT2D eigenvalue weighted by molar-refractivity contribution is -0.143. The summed E-state index contributed by atoms with van der Waals surface area (Å²) in [5, 5.41) is 12.3. The number of anilines is 1. The number of nitrogens with zero attached hydrogens (tertiary/aromatic N) is 1. The Labute approximate surface area is 128 Å². The maximum absolute atomic E-state index is 11.9. The molecule has 1 saturated heterocycles. The molecule has 0 aliphatic carbocycles. The van der Waals surface area contributed by atoms with Crippen molar-refractivity contribution in [2.24, 2.45) is 5.92 Å². The Morgan fingerprint density at radius 1 is 1.38 bits per heavy atom. The molecular weight excluding hydrogens is 292 g/mol. The van der Waals surface area contributed by atoms with E-state index >= 15 is 0 Å². The van der Waals surface area contributed by atoms with E-state index in [1.54, 1.807) is 18.2 Å². The summed E-state index contributed by atoms with van der Waals surface area (Å²) in [6.07, 6.45) is 1.91. The highest BCUT2D eigenvalue weighted by atomic mass is 35.5. The molecule has 114 valence electrons. The summed E-state index contributed by atoms with van der Waals surface area (Å²) in [5.74, 6) is -1.17. The highest BCUT2D eigenvalue weighted by Gasteiger charge is 2.25. The fraction of sp³-hybridized carbons (Fsp3) is 0.467. The number of amides is 1. The minimum atomic E-state index is -0.750. The summed E-state index contributed by atoms with van der Waals surface area (Å²) in [6.45, 7) is 1.94. The van der Waals surface area contributed by atoms with Crippen molar-refractivity contribution in [2.45, 2.75) is 19.3 Å². The zero-order chi connectivity index (χ0) is 15.2. The van der Waals surface area contributed by atoms with Crippen molar-refractivity contribution in [3.8, 4) is 0 Å². The number of halogens is 1. The van der Waals surface area contributed by atoms with Gasteiger partial charge in [-0.3, -0.25) is 9.59 Å². The van der Waals surface area contributed by atoms with E-state index in [0.29, 0.717) is 30.2 Å². The van der Waals surface area contributed by atoms with Crippen molar-refractivity contribution < 1.29 is 14.7 Å². The smallest absolute Gasteiger partial charge is 0.307 e. The lowest BCUT2D eigenvalue weighted by atomic mass is 9.98. The van der Waals surface area contributed by atoms with Gasteiger partial charge >= 0.3 is 5.97 Å². The van der Waals surface area contributed by atoms with Gasteiger partial charge in [0.25, 0.3) is 0 Å². The van der Waals surface area contributed by atoms with Crippen molar-refractivity contribution in [1.29, 1.82) is 0 Å². The van der Waals surface area contributed by atoms with E-state index in [4.69, 9.17) is 16.7 Å². The van der Waals surface area contributed by atoms with Crippen LogP contribution in [0.15, 0.2) is 24.3 Å². The van der Waals surface area contributed by atoms with Gasteiger partial charge in [0.2, 0.25) is 5.91 Å². The number of nitrogens with one attached hydrogen (secondary N) is 1. The molecule has 2 N–H and O–H groups in total. The van der Waals surface area contributed by atoms with Gasteiger partial charge in [0, 0.05) is 19.5 Å². The Morgan fingerprint density at radius 2 is 2.14 bits per heavy atom. The van der Waals surface area contributed by atoms with E-state index in [1.807, 2.05) is 11.0 Å². The number of hydrogen-bond acceptors (Lipinski definition) is 3. The number of benzene rings is 1. The number of rotatable bonds is 5. The largest absolute Gasteiger partial charge is 0.481 e. The van der Waals surface area contributed by atoms with Crippen LogP contribution in [0, 0.1) is 5.92 Å². The number of carboxylic acids is 1. The second-order valence-electron chi connectivity index (χ2n) is 5.26. The highest BCUT2D eigenvalue weighted by Crippen LogP contribution is 2.21. The number of piperidine rings is 1. The molecule has 2 rings (SSSR count). The van der Waals surface area contributed by atoms with Crippen molar-refractivity contribution in [1.82, 2.24) is 4.90 Å². The van der Waals surface area contributed by atoms with Crippen LogP contribution in [0.1, 0.15) is 19.3 Å². The SMILES string of the molecule is O=C(CCN1CCCC(C(=O)O)C1)Nc1ccccc1Cl. The van der Waals surface area contributed by atoms with Crippen LogP contribution in [-0.4, -0.2) is 41.5 Å². The van der Waals surface area contributed by atoms with Gasteiger partial charge < -0.3 is 15.3 Å². The van der Waals surface area contributed by atoms with Crippen molar-refractivity contribution in [3.05, 3.63) is 29.3 Å². The first-order chi connectivity index (χ1) is 10.1. The summed E-state index contributed by atoms with van der Waals surface area (Å²) < 4.78 is 0. The minimum Gasteiger partial charge on any atom is -0.481 e. The molecule has 0 spiro atoms. The number of likely N-dealkylation sites (tertiary alicyclic amines) is 1. The normalized spacial score (nSPS) is 19.2. The number of hydrogen-bond donors (Lipinski definition) is 2. The van der Waals surface area contributed by atoms with Crippen LogP contribution in [0.25, 0.3) is 0 Å². The van der Waals surface area contributed by atoms with Gasteiger partial charge in [0.05, 0.1) is 16.6 Å². The summed E-state index contributed by atoms with van der Waals surface area (Å²) in [7, 11) is 0. The summed E-state index contributed by atoms with van der Waals surface area (Å²) >= 11 is 5.98. The molecule has 1 aromatic carbocycles. The monoisotopic (exact) mass is 310 g/mol. The Balaban J connectivity index is 1.79. The molecule has 0 bridgehead atoms. The molecule has 1 amide bonds. The van der Waals surface area contributed by atoms with Crippen LogP contribution in [-0.2, 0) is 9.59 Å². The van der Waals surface area contributed by atoms with Gasteiger partial charge in [-0.1, -0.05) is 23.7 Å². The zero-order valence-electron chi connectivity index (χ0n) is 11.7. The molecule has 0 radical (unpaired) electrons. The summed E-state index contributed by atoms with van der Waals surface area (Å²) in [6, 6.07) is 7.09. The first-order valence-electron chi connectivity index (χ1n) is 7.06. The van der Waals surface area contributed by atoms with Crippen LogP contribution in [0.5, 0.6) is 0 Å². The Hall–Kier alpha value is -1.59. The Bertz CT molecular complexity index is 521. The van der Waals surface area contributed by atoms with E-state index in [-0.39, 0.29) is 11.8 Å². The summed E-state index contributed by atoms with van der Waals surface area (Å²) in [4.78, 5) is 24.9. The third-order valence-corrected chi connectivity index (χ3v) is 3.99. The fourth-order valence-corrected chi connectivity index (χ4v) is 2.68. The predicted molar refractivity (Wildman–Crippen MR) is 81.5 cm³/mol. The molecule has 1 heterocycles. The number of para-hydroxylation sites is 1. The number of carboxylic acid groups (broad SMARTS) is 1. The van der Waals surface area contributed by atoms with Gasteiger partial charge in [0.1, 0.15) is 0 Å². The third kappa shape index (κ3) is 4.72. The minimum absolute atomic E-state index is 0.111. The molecule has 21 heavy (non-hydrogen) atoms. The molecule has 6 heteroatoms. The molecule has 1 atom stereocenters. The molecule has 1 aliphatic rings. The molecule has 1 fully saturated rings. The average Bonchev–Trinajstić information content (AvgIpc) is 2.48. The van der Waals surface area contributed by atoms with Gasteiger partial charge in [-0.15, -0.1) is 0 Å². The van der Waals surface area contributed by atoms with Gasteiger partial charge in [-0.2, -0.15) is 0 Å². The van der Waals surface area contributed by atoms with E-state index in [9.17, 15) is 9.59 Å². The standard InChI is InChI=1S/C15H19ClN2O3/c16-12-5-1-2-6-13(12)17-14(19)7-9-18-8-3-4-11(10-18)15(20)21/h1-2,5-6,11H,3-4,7-10H2,(H,17,19)(H,20,21). The second kappa shape index (κ2) is 7.43. The molecule has 1 aliphatic heterocycles. The fourth-order valence-electron chi connectivity index (χ4n) is 2.50. The molecule has 0 aromatic heterocycles. The predicted octanol–water partition coefficient (Wildman–Crippen LogP) is 2.47. The topological polar surface area (TPSA) is 69.6 Å². The molecule has 1 aromatic rings. The number of aliphatic carboxylic acids is 1. The van der Waals surface area contributed by atoms with Crippen LogP contribution in [0.4, 0.5) is 5.69 Å². The van der Waals surface area contributed by atoms with Gasteiger partial charge in [-0.05, 0) is 31.5 Å². The third-order valence-electron chi connectivity index (χ3n) is 3.66. The molecular formula is C15H19ClN2O3. The van der Waals surface area contributed by atoms with Crippen molar-refractivity contribution >= 4 is 29.2 Å². The van der Waals surface area contributed by atoms with E-state index in [1.165, 1.54) is 0 Å². The van der Waals surface area contributed by atoms with E-state index in [0.717, 1.165) is 19.4 Å². The van der Waals surface area contributed by atoms with E-state index in [2.05, 4.69) is 5.32 Å². The van der Waals surface area contributed by atoms with Crippen molar-refractivity contribution in [3.63, 3.8) is 0 Å². The zero-order valence-corrected chi connectivity index (χ0v) is 12.5. The van der Waals surface area contributed by atoms with Crippen LogP contribution in [0.3, 0.4) is 0 Å². The number of carbonyl (C=O) groups excluding carboxylic acids is 1. The first-order valence-corrected chi connectivity index (χ1v) is 7.43. The van der Waals surface area contributed by atoms with Crippen LogP contribution >= 0.6 is 11.6 Å².